The first-order valence-corrected chi connectivity index (χ1v) is 19.3. The van der Waals surface area contributed by atoms with Gasteiger partial charge < -0.3 is 39.5 Å². The lowest BCUT2D eigenvalue weighted by atomic mass is 9.46. The molecule has 0 aliphatic heterocycles. The predicted molar refractivity (Wildman–Crippen MR) is 197 cm³/mol. The molecule has 58 heavy (non-hydrogen) atoms. The zero-order valence-electron chi connectivity index (χ0n) is 32.4. The smallest absolute Gasteiger partial charge is 0.465 e. The van der Waals surface area contributed by atoms with Crippen LogP contribution in [0.2, 0.25) is 0 Å². The lowest BCUT2D eigenvalue weighted by molar-refractivity contribution is -0.757. The monoisotopic (exact) mass is 815 g/mol. The van der Waals surface area contributed by atoms with Crippen LogP contribution in [0.15, 0.2) is 48.1 Å². The van der Waals surface area contributed by atoms with Gasteiger partial charge in [-0.25, -0.2) is 4.79 Å². The number of ether oxygens (including phenoxy) is 4. The standard InChI is InChI=1S/C39H49N3O16/c1-37-15-13-26(43)21-25(37)9-12-28-29-14-16-39(38(29,2)22-31(44)34(28)37,58-33(46)6-5-19-56-42(51)52)32(45)23-54-36(48)57-27-10-7-24(8-11-27)20-30(40)35(47)53-17-3-4-18-55-41(49)50/h7-8,10-11,13,15,21,28-31,34,44H,3-6,9,12,14,16-20,22-23,40H2,1-2H3/t28?,29?,30-,31-,34+,37-,38-,39-/m0/s1. The zero-order chi connectivity index (χ0) is 42.3. The summed E-state index contributed by atoms with van der Waals surface area (Å²) in [5.74, 6) is -2.78. The average molecular weight is 816 g/mol. The lowest BCUT2D eigenvalue weighted by Crippen LogP contribution is -2.63. The second-order valence-electron chi connectivity index (χ2n) is 15.7. The normalized spacial score (nSPS) is 28.7. The van der Waals surface area contributed by atoms with Crippen molar-refractivity contribution in [1.29, 1.82) is 0 Å². The van der Waals surface area contributed by atoms with Crippen molar-refractivity contribution in [2.24, 2.45) is 34.3 Å². The SMILES string of the molecule is C[C@]12C=CC(=O)C=C1CCC1C3CC[C@](OC(=O)CCCO[N+](=O)[O-])(C(=O)COC(=O)Oc4ccc(C[C@H](N)C(=O)OCCCCO[N+](=O)[O-])cc4)[C@@]3(C)C[C@H](O)[C@@H]12. The summed E-state index contributed by atoms with van der Waals surface area (Å²) in [5.41, 5.74) is 4.04. The van der Waals surface area contributed by atoms with Crippen LogP contribution in [0, 0.1) is 48.8 Å². The molecule has 0 amide bonds. The van der Waals surface area contributed by atoms with Gasteiger partial charge in [0, 0.05) is 23.2 Å². The molecule has 4 aliphatic rings. The summed E-state index contributed by atoms with van der Waals surface area (Å²) in [6.45, 7) is 2.53. The Morgan fingerprint density at radius 3 is 2.33 bits per heavy atom. The highest BCUT2D eigenvalue weighted by Crippen LogP contribution is 2.68. The van der Waals surface area contributed by atoms with Gasteiger partial charge in [0.1, 0.15) is 11.8 Å². The molecule has 316 valence electrons. The zero-order valence-corrected chi connectivity index (χ0v) is 32.4. The summed E-state index contributed by atoms with van der Waals surface area (Å²) in [6.07, 6.45) is 5.15. The van der Waals surface area contributed by atoms with E-state index in [2.05, 4.69) is 9.68 Å². The van der Waals surface area contributed by atoms with E-state index in [9.17, 15) is 49.3 Å². The number of aliphatic hydroxyl groups is 1. The van der Waals surface area contributed by atoms with Crippen molar-refractivity contribution in [3.63, 3.8) is 0 Å². The largest absolute Gasteiger partial charge is 0.514 e. The fourth-order valence-electron chi connectivity index (χ4n) is 9.62. The highest BCUT2D eigenvalue weighted by molar-refractivity contribution is 6.01. The fraction of sp³-hybridized carbons (Fsp3) is 0.615. The number of unbranched alkanes of at least 4 members (excludes halogenated alkanes) is 1. The van der Waals surface area contributed by atoms with E-state index >= 15 is 0 Å². The summed E-state index contributed by atoms with van der Waals surface area (Å²) in [6, 6.07) is 4.99. The second-order valence-corrected chi connectivity index (χ2v) is 15.7. The maximum atomic E-state index is 14.3. The number of carbonyl (C=O) groups is 5. The Bertz CT molecular complexity index is 1820. The summed E-state index contributed by atoms with van der Waals surface area (Å²) in [4.78, 5) is 94.3. The molecule has 3 fully saturated rings. The van der Waals surface area contributed by atoms with Gasteiger partial charge >= 0.3 is 18.1 Å². The van der Waals surface area contributed by atoms with Gasteiger partial charge in [0.05, 0.1) is 25.9 Å². The molecular formula is C39H49N3O16. The molecule has 0 heterocycles. The molecule has 3 N–H and O–H groups in total. The summed E-state index contributed by atoms with van der Waals surface area (Å²) in [7, 11) is 0. The quantitative estimate of drug-likeness (QED) is 0.0503. The van der Waals surface area contributed by atoms with Crippen molar-refractivity contribution in [2.45, 2.75) is 95.8 Å². The third-order valence-electron chi connectivity index (χ3n) is 12.3. The van der Waals surface area contributed by atoms with Gasteiger partial charge in [-0.05, 0) is 99.5 Å². The average Bonchev–Trinajstić information content (AvgIpc) is 3.45. The Labute approximate surface area is 333 Å². The van der Waals surface area contributed by atoms with Crippen LogP contribution in [0.5, 0.6) is 5.75 Å². The second kappa shape index (κ2) is 18.4. The van der Waals surface area contributed by atoms with Crippen molar-refractivity contribution in [3.8, 4) is 5.75 Å². The number of benzene rings is 1. The number of aliphatic hydroxyl groups excluding tert-OH is 1. The molecule has 1 aromatic rings. The first kappa shape index (κ1) is 43.7. The van der Waals surface area contributed by atoms with Gasteiger partial charge in [-0.15, -0.1) is 20.2 Å². The van der Waals surface area contributed by atoms with Crippen LogP contribution >= 0.6 is 0 Å². The molecule has 2 unspecified atom stereocenters. The fourth-order valence-corrected chi connectivity index (χ4v) is 9.62. The molecule has 1 aromatic carbocycles. The van der Waals surface area contributed by atoms with Crippen LogP contribution in [-0.4, -0.2) is 89.1 Å². The van der Waals surface area contributed by atoms with E-state index in [1.807, 2.05) is 19.9 Å². The minimum absolute atomic E-state index is 0.0126. The molecule has 0 spiro atoms. The minimum atomic E-state index is -1.81. The molecule has 8 atom stereocenters. The third kappa shape index (κ3) is 9.63. The first-order chi connectivity index (χ1) is 27.5. The van der Waals surface area contributed by atoms with Crippen molar-refractivity contribution in [2.75, 3.05) is 26.4 Å². The maximum absolute atomic E-state index is 14.3. The molecule has 19 nitrogen and oxygen atoms in total. The summed E-state index contributed by atoms with van der Waals surface area (Å²) in [5, 5.41) is 30.8. The number of Topliss-reactive ketones (excluding diaryl/α,β-unsaturated/α-hetero) is 1. The number of esters is 2. The van der Waals surface area contributed by atoms with Crippen LogP contribution in [0.3, 0.4) is 0 Å². The van der Waals surface area contributed by atoms with Gasteiger partial charge in [0.15, 0.2) is 18.0 Å². The molecule has 0 saturated heterocycles. The van der Waals surface area contributed by atoms with Gasteiger partial charge in [0.2, 0.25) is 5.78 Å². The molecule has 0 radical (unpaired) electrons. The van der Waals surface area contributed by atoms with Crippen LogP contribution in [0.4, 0.5) is 4.79 Å². The van der Waals surface area contributed by atoms with Crippen molar-refractivity contribution < 1.29 is 67.9 Å². The number of hydrogen-bond donors (Lipinski definition) is 2. The van der Waals surface area contributed by atoms with Crippen LogP contribution in [0.1, 0.15) is 77.2 Å². The van der Waals surface area contributed by atoms with E-state index in [1.54, 1.807) is 18.2 Å². The van der Waals surface area contributed by atoms with Gasteiger partial charge in [-0.3, -0.25) is 19.2 Å². The van der Waals surface area contributed by atoms with E-state index in [4.69, 9.17) is 24.7 Å². The van der Waals surface area contributed by atoms with Gasteiger partial charge in [0.25, 0.3) is 10.2 Å². The van der Waals surface area contributed by atoms with E-state index in [0.717, 1.165) is 5.57 Å². The van der Waals surface area contributed by atoms with Crippen LogP contribution < -0.4 is 10.5 Å². The maximum Gasteiger partial charge on any atom is 0.514 e. The Morgan fingerprint density at radius 2 is 1.64 bits per heavy atom. The lowest BCUT2D eigenvalue weighted by Gasteiger charge is -2.59. The highest BCUT2D eigenvalue weighted by Gasteiger charge is 2.70. The van der Waals surface area contributed by atoms with Crippen molar-refractivity contribution in [1.82, 2.24) is 0 Å². The van der Waals surface area contributed by atoms with Crippen LogP contribution in [0.25, 0.3) is 0 Å². The van der Waals surface area contributed by atoms with E-state index in [1.165, 1.54) is 18.2 Å². The summed E-state index contributed by atoms with van der Waals surface area (Å²) >= 11 is 0. The van der Waals surface area contributed by atoms with Gasteiger partial charge in [-0.1, -0.05) is 37.6 Å². The predicted octanol–water partition coefficient (Wildman–Crippen LogP) is 3.72. The van der Waals surface area contributed by atoms with E-state index in [0.29, 0.717) is 37.7 Å². The summed E-state index contributed by atoms with van der Waals surface area (Å²) < 4.78 is 21.7. The molecule has 0 aromatic heterocycles. The number of nitrogens with zero attached hydrogens (tertiary/aromatic N) is 2. The Hall–Kier alpha value is -5.43. The number of fused-ring (bicyclic) bond motifs is 5. The molecule has 19 heteroatoms. The minimum Gasteiger partial charge on any atom is -0.465 e. The molecular weight excluding hydrogens is 766 g/mol. The number of ketones is 2. The van der Waals surface area contributed by atoms with E-state index < -0.39 is 69.2 Å². The number of hydrogen-bond acceptors (Lipinski definition) is 17. The third-order valence-corrected chi connectivity index (χ3v) is 12.3. The number of allylic oxidation sites excluding steroid dienone is 4. The highest BCUT2D eigenvalue weighted by atomic mass is 17.0. The molecule has 4 aliphatic carbocycles. The molecule has 5 rings (SSSR count). The van der Waals surface area contributed by atoms with E-state index in [-0.39, 0.29) is 81.2 Å². The molecule has 3 saturated carbocycles. The molecule has 0 bridgehead atoms. The van der Waals surface area contributed by atoms with Crippen molar-refractivity contribution in [3.05, 3.63) is 73.9 Å². The first-order valence-electron chi connectivity index (χ1n) is 19.3. The number of carbonyl (C=O) groups excluding carboxylic acids is 5. The number of nitrogens with two attached hydrogens (primary N) is 1. The Morgan fingerprint density at radius 1 is 0.966 bits per heavy atom. The number of rotatable bonds is 19. The Balaban J connectivity index is 1.22. The topological polar surface area (TPSA) is 273 Å². The van der Waals surface area contributed by atoms with Gasteiger partial charge in [-0.2, -0.15) is 0 Å². The van der Waals surface area contributed by atoms with Crippen LogP contribution in [-0.2, 0) is 49.5 Å². The Kier molecular flexibility index (Phi) is 13.9. The van der Waals surface area contributed by atoms with Crippen molar-refractivity contribution >= 4 is 29.7 Å².